The van der Waals surface area contributed by atoms with Gasteiger partial charge < -0.3 is 5.73 Å². The van der Waals surface area contributed by atoms with Crippen LogP contribution in [-0.4, -0.2) is 6.54 Å². The van der Waals surface area contributed by atoms with Crippen molar-refractivity contribution >= 4 is 0 Å². The van der Waals surface area contributed by atoms with Gasteiger partial charge >= 0.3 is 0 Å². The summed E-state index contributed by atoms with van der Waals surface area (Å²) in [5.41, 5.74) is 10.4. The number of nitrogens with two attached hydrogens (primary N) is 1. The van der Waals surface area contributed by atoms with Crippen LogP contribution in [-0.2, 0) is 5.41 Å². The largest absolute Gasteiger partial charge is 0.330 e. The minimum atomic E-state index is 0.368. The standard InChI is InChI=1S/C13H19N/c1-9-4-5-12(10(2)6-9)13(3)7-11(13)8-14/h4-6,11H,7-8,14H2,1-3H3. The molecule has 1 aromatic rings. The molecule has 2 unspecified atom stereocenters. The monoisotopic (exact) mass is 189 g/mol. The quantitative estimate of drug-likeness (QED) is 0.760. The molecule has 0 heterocycles. The summed E-state index contributed by atoms with van der Waals surface area (Å²) < 4.78 is 0. The van der Waals surface area contributed by atoms with Crippen LogP contribution in [0, 0.1) is 19.8 Å². The molecular weight excluding hydrogens is 170 g/mol. The Hall–Kier alpha value is -0.820. The van der Waals surface area contributed by atoms with Crippen LogP contribution in [0.25, 0.3) is 0 Å². The topological polar surface area (TPSA) is 26.0 Å². The Morgan fingerprint density at radius 1 is 1.43 bits per heavy atom. The molecule has 1 heteroatoms. The Labute approximate surface area is 86.3 Å². The van der Waals surface area contributed by atoms with Gasteiger partial charge in [0.15, 0.2) is 0 Å². The van der Waals surface area contributed by atoms with Crippen LogP contribution in [0.3, 0.4) is 0 Å². The maximum Gasteiger partial charge on any atom is -0.00287 e. The van der Waals surface area contributed by atoms with Gasteiger partial charge in [0, 0.05) is 0 Å². The van der Waals surface area contributed by atoms with Crippen molar-refractivity contribution in [2.24, 2.45) is 11.7 Å². The maximum absolute atomic E-state index is 5.73. The van der Waals surface area contributed by atoms with Gasteiger partial charge in [-0.25, -0.2) is 0 Å². The van der Waals surface area contributed by atoms with Gasteiger partial charge in [0.1, 0.15) is 0 Å². The van der Waals surface area contributed by atoms with Crippen molar-refractivity contribution in [2.45, 2.75) is 32.6 Å². The highest BCUT2D eigenvalue weighted by Crippen LogP contribution is 2.54. The van der Waals surface area contributed by atoms with Gasteiger partial charge in [-0.3, -0.25) is 0 Å². The SMILES string of the molecule is Cc1ccc(C2(C)CC2CN)c(C)c1. The van der Waals surface area contributed by atoms with Crippen LogP contribution in [0.15, 0.2) is 18.2 Å². The van der Waals surface area contributed by atoms with Crippen molar-refractivity contribution in [1.82, 2.24) is 0 Å². The first kappa shape index (κ1) is 9.72. The second-order valence-corrected chi connectivity index (χ2v) is 4.87. The number of aryl methyl sites for hydroxylation is 2. The van der Waals surface area contributed by atoms with Crippen LogP contribution in [0.2, 0.25) is 0 Å². The van der Waals surface area contributed by atoms with Gasteiger partial charge in [0.2, 0.25) is 0 Å². The minimum Gasteiger partial charge on any atom is -0.330 e. The van der Waals surface area contributed by atoms with E-state index in [0.717, 1.165) is 6.54 Å². The van der Waals surface area contributed by atoms with Crippen LogP contribution < -0.4 is 5.73 Å². The van der Waals surface area contributed by atoms with Crippen molar-refractivity contribution in [3.8, 4) is 0 Å². The molecule has 0 aromatic heterocycles. The van der Waals surface area contributed by atoms with Crippen LogP contribution in [0.5, 0.6) is 0 Å². The van der Waals surface area contributed by atoms with Crippen molar-refractivity contribution in [3.05, 3.63) is 34.9 Å². The zero-order valence-electron chi connectivity index (χ0n) is 9.30. The molecule has 1 fully saturated rings. The predicted molar refractivity (Wildman–Crippen MR) is 60.4 cm³/mol. The molecule has 0 radical (unpaired) electrons. The summed E-state index contributed by atoms with van der Waals surface area (Å²) >= 11 is 0. The van der Waals surface area contributed by atoms with Gasteiger partial charge in [-0.1, -0.05) is 30.7 Å². The maximum atomic E-state index is 5.73. The zero-order chi connectivity index (χ0) is 10.3. The van der Waals surface area contributed by atoms with Gasteiger partial charge in [0.05, 0.1) is 0 Å². The van der Waals surface area contributed by atoms with E-state index >= 15 is 0 Å². The van der Waals surface area contributed by atoms with Gasteiger partial charge in [-0.05, 0) is 49.3 Å². The fourth-order valence-electron chi connectivity index (χ4n) is 2.58. The van der Waals surface area contributed by atoms with Crippen LogP contribution in [0.4, 0.5) is 0 Å². The molecule has 0 bridgehead atoms. The second-order valence-electron chi connectivity index (χ2n) is 4.87. The van der Waals surface area contributed by atoms with E-state index in [4.69, 9.17) is 5.73 Å². The van der Waals surface area contributed by atoms with E-state index in [1.165, 1.54) is 23.1 Å². The summed E-state index contributed by atoms with van der Waals surface area (Å²) in [6.07, 6.45) is 1.26. The van der Waals surface area contributed by atoms with Crippen molar-refractivity contribution in [2.75, 3.05) is 6.54 Å². The molecule has 2 N–H and O–H groups in total. The van der Waals surface area contributed by atoms with Crippen LogP contribution >= 0.6 is 0 Å². The first-order valence-electron chi connectivity index (χ1n) is 5.36. The normalized spacial score (nSPS) is 30.4. The Balaban J connectivity index is 2.34. The summed E-state index contributed by atoms with van der Waals surface area (Å²) in [6.45, 7) is 7.51. The Kier molecular flexibility index (Phi) is 2.15. The highest BCUT2D eigenvalue weighted by molar-refractivity contribution is 5.40. The third kappa shape index (κ3) is 1.36. The molecule has 76 valence electrons. The summed E-state index contributed by atoms with van der Waals surface area (Å²) in [6, 6.07) is 6.76. The van der Waals surface area contributed by atoms with Crippen molar-refractivity contribution < 1.29 is 0 Å². The highest BCUT2D eigenvalue weighted by Gasteiger charge is 2.50. The van der Waals surface area contributed by atoms with Gasteiger partial charge in [0.25, 0.3) is 0 Å². The molecule has 0 saturated heterocycles. The fourth-order valence-corrected chi connectivity index (χ4v) is 2.58. The molecular formula is C13H19N. The lowest BCUT2D eigenvalue weighted by atomic mass is 9.90. The van der Waals surface area contributed by atoms with E-state index in [-0.39, 0.29) is 0 Å². The van der Waals surface area contributed by atoms with E-state index in [2.05, 4.69) is 39.0 Å². The van der Waals surface area contributed by atoms with Crippen LogP contribution in [0.1, 0.15) is 30.0 Å². The molecule has 1 aromatic carbocycles. The molecule has 1 aliphatic carbocycles. The third-order valence-electron chi connectivity index (χ3n) is 3.69. The predicted octanol–water partition coefficient (Wildman–Crippen LogP) is 2.54. The lowest BCUT2D eigenvalue weighted by molar-refractivity contribution is 0.662. The van der Waals surface area contributed by atoms with E-state index < -0.39 is 0 Å². The molecule has 1 nitrogen and oxygen atoms in total. The average molecular weight is 189 g/mol. The number of hydrogen-bond acceptors (Lipinski definition) is 1. The number of benzene rings is 1. The minimum absolute atomic E-state index is 0.368. The summed E-state index contributed by atoms with van der Waals surface area (Å²) in [5, 5.41) is 0. The van der Waals surface area contributed by atoms with E-state index in [1.807, 2.05) is 0 Å². The average Bonchev–Trinajstić information content (AvgIpc) is 2.77. The molecule has 0 aliphatic heterocycles. The Morgan fingerprint density at radius 3 is 2.64 bits per heavy atom. The summed E-state index contributed by atoms with van der Waals surface area (Å²) in [7, 11) is 0. The zero-order valence-corrected chi connectivity index (χ0v) is 9.30. The molecule has 1 aliphatic rings. The molecule has 2 rings (SSSR count). The van der Waals surface area contributed by atoms with Gasteiger partial charge in [-0.15, -0.1) is 0 Å². The highest BCUT2D eigenvalue weighted by atomic mass is 14.7. The number of rotatable bonds is 2. The number of hydrogen-bond donors (Lipinski definition) is 1. The van der Waals surface area contributed by atoms with Crippen molar-refractivity contribution in [1.29, 1.82) is 0 Å². The second kappa shape index (κ2) is 3.09. The van der Waals surface area contributed by atoms with E-state index in [9.17, 15) is 0 Å². The molecule has 14 heavy (non-hydrogen) atoms. The van der Waals surface area contributed by atoms with E-state index in [0.29, 0.717) is 11.3 Å². The third-order valence-corrected chi connectivity index (χ3v) is 3.69. The smallest absolute Gasteiger partial charge is 0.00287 e. The molecule has 0 amide bonds. The lowest BCUT2D eigenvalue weighted by Crippen LogP contribution is -2.12. The van der Waals surface area contributed by atoms with E-state index in [1.54, 1.807) is 0 Å². The van der Waals surface area contributed by atoms with Gasteiger partial charge in [-0.2, -0.15) is 0 Å². The summed E-state index contributed by atoms with van der Waals surface area (Å²) in [5.74, 6) is 0.698. The first-order chi connectivity index (χ1) is 6.58. The molecule has 0 spiro atoms. The summed E-state index contributed by atoms with van der Waals surface area (Å²) in [4.78, 5) is 0. The Bertz CT molecular complexity index is 356. The lowest BCUT2D eigenvalue weighted by Gasteiger charge is -2.15. The molecule has 2 atom stereocenters. The molecule has 1 saturated carbocycles. The Morgan fingerprint density at radius 2 is 2.14 bits per heavy atom. The first-order valence-corrected chi connectivity index (χ1v) is 5.36. The fraction of sp³-hybridized carbons (Fsp3) is 0.538. The van der Waals surface area contributed by atoms with Crippen molar-refractivity contribution in [3.63, 3.8) is 0 Å².